The van der Waals surface area contributed by atoms with Gasteiger partial charge in [-0.3, -0.25) is 0 Å². The fourth-order valence-electron chi connectivity index (χ4n) is 2.47. The number of rotatable bonds is 5. The lowest BCUT2D eigenvalue weighted by molar-refractivity contribution is 0.278. The summed E-state index contributed by atoms with van der Waals surface area (Å²) in [4.78, 5) is 0. The number of nitrogens with zero attached hydrogens (tertiary/aromatic N) is 1. The summed E-state index contributed by atoms with van der Waals surface area (Å²) in [7, 11) is -3.41. The third kappa shape index (κ3) is 4.26. The Morgan fingerprint density at radius 1 is 1.45 bits per heavy atom. The van der Waals surface area contributed by atoms with Gasteiger partial charge in [-0.25, -0.2) is 9.11 Å². The minimum Gasteiger partial charge on any atom is -0.207 e. The molecule has 1 heterocycles. The second-order valence-electron chi connectivity index (χ2n) is 5.38. The third-order valence-corrected chi connectivity index (χ3v) is 5.13. The Bertz CT molecular complexity index is 548. The van der Waals surface area contributed by atoms with Crippen molar-refractivity contribution in [1.82, 2.24) is 9.03 Å². The highest BCUT2D eigenvalue weighted by Gasteiger charge is 2.26. The number of benzene rings is 1. The number of hydrogen-bond donors (Lipinski definition) is 1. The summed E-state index contributed by atoms with van der Waals surface area (Å²) in [5.41, 5.74) is 0.791. The van der Waals surface area contributed by atoms with E-state index in [2.05, 4.69) is 11.6 Å². The lowest BCUT2D eigenvalue weighted by atomic mass is 10.0. The Kier molecular flexibility index (Phi) is 5.12. The summed E-state index contributed by atoms with van der Waals surface area (Å²) >= 11 is 0. The summed E-state index contributed by atoms with van der Waals surface area (Å²) in [6, 6.07) is 6.23. The number of piperidine rings is 1. The standard InChI is InChI=1S/C14H21FN2O2S/c1-12-4-3-9-17(11-12)20(18,19)16-8-7-13-5-2-6-14(15)10-13/h2,5-6,10,12,16H,3-4,7-9,11H2,1H3/t12-/m0/s1. The molecule has 0 amide bonds. The van der Waals surface area contributed by atoms with E-state index in [4.69, 9.17) is 0 Å². The average molecular weight is 300 g/mol. The van der Waals surface area contributed by atoms with Crippen LogP contribution < -0.4 is 4.72 Å². The van der Waals surface area contributed by atoms with Gasteiger partial charge in [0.25, 0.3) is 10.2 Å². The van der Waals surface area contributed by atoms with Crippen LogP contribution in [0.5, 0.6) is 0 Å². The fraction of sp³-hybridized carbons (Fsp3) is 0.571. The van der Waals surface area contributed by atoms with Gasteiger partial charge in [-0.1, -0.05) is 19.1 Å². The molecule has 1 N–H and O–H groups in total. The first-order valence-corrected chi connectivity index (χ1v) is 8.40. The molecule has 1 aromatic carbocycles. The SMILES string of the molecule is C[C@H]1CCCN(S(=O)(=O)NCCc2cccc(F)c2)C1. The predicted molar refractivity (Wildman–Crippen MR) is 77.0 cm³/mol. The van der Waals surface area contributed by atoms with E-state index in [0.717, 1.165) is 18.4 Å². The highest BCUT2D eigenvalue weighted by atomic mass is 32.2. The third-order valence-electron chi connectivity index (χ3n) is 3.55. The van der Waals surface area contributed by atoms with E-state index in [9.17, 15) is 12.8 Å². The van der Waals surface area contributed by atoms with E-state index >= 15 is 0 Å². The summed E-state index contributed by atoms with van der Waals surface area (Å²) in [5, 5.41) is 0. The Morgan fingerprint density at radius 2 is 2.25 bits per heavy atom. The molecule has 0 bridgehead atoms. The zero-order valence-electron chi connectivity index (χ0n) is 11.7. The van der Waals surface area contributed by atoms with Crippen molar-refractivity contribution in [3.05, 3.63) is 35.6 Å². The number of halogens is 1. The molecular weight excluding hydrogens is 279 g/mol. The maximum Gasteiger partial charge on any atom is 0.279 e. The van der Waals surface area contributed by atoms with E-state index in [0.29, 0.717) is 25.4 Å². The van der Waals surface area contributed by atoms with Gasteiger partial charge in [0.15, 0.2) is 0 Å². The van der Waals surface area contributed by atoms with Crippen molar-refractivity contribution in [3.63, 3.8) is 0 Å². The van der Waals surface area contributed by atoms with Gasteiger partial charge < -0.3 is 0 Å². The summed E-state index contributed by atoms with van der Waals surface area (Å²) in [5.74, 6) is 0.110. The van der Waals surface area contributed by atoms with Gasteiger partial charge in [0.1, 0.15) is 5.82 Å². The van der Waals surface area contributed by atoms with E-state index < -0.39 is 10.2 Å². The Hall–Kier alpha value is -0.980. The average Bonchev–Trinajstić information content (AvgIpc) is 2.38. The zero-order chi connectivity index (χ0) is 14.6. The van der Waals surface area contributed by atoms with Crippen LogP contribution in [0.3, 0.4) is 0 Å². The van der Waals surface area contributed by atoms with Crippen molar-refractivity contribution in [1.29, 1.82) is 0 Å². The normalized spacial score (nSPS) is 21.0. The molecule has 0 radical (unpaired) electrons. The Labute approximate surface area is 120 Å². The maximum atomic E-state index is 13.0. The smallest absolute Gasteiger partial charge is 0.207 e. The monoisotopic (exact) mass is 300 g/mol. The largest absolute Gasteiger partial charge is 0.279 e. The molecule has 0 spiro atoms. The van der Waals surface area contributed by atoms with Crippen LogP contribution in [0, 0.1) is 11.7 Å². The van der Waals surface area contributed by atoms with E-state index in [1.54, 1.807) is 12.1 Å². The fourth-order valence-corrected chi connectivity index (χ4v) is 3.84. The van der Waals surface area contributed by atoms with Gasteiger partial charge in [-0.2, -0.15) is 12.7 Å². The molecule has 112 valence electrons. The number of hydrogen-bond acceptors (Lipinski definition) is 2. The summed E-state index contributed by atoms with van der Waals surface area (Å²) in [6.07, 6.45) is 2.47. The van der Waals surface area contributed by atoms with Crippen LogP contribution in [-0.2, 0) is 16.6 Å². The molecule has 1 atom stereocenters. The maximum absolute atomic E-state index is 13.0. The first-order chi connectivity index (χ1) is 9.47. The van der Waals surface area contributed by atoms with Crippen molar-refractivity contribution in [2.75, 3.05) is 19.6 Å². The van der Waals surface area contributed by atoms with Gasteiger partial charge in [-0.05, 0) is 42.9 Å². The van der Waals surface area contributed by atoms with Gasteiger partial charge in [0.05, 0.1) is 0 Å². The molecule has 0 saturated carbocycles. The molecule has 0 aliphatic carbocycles. The minimum atomic E-state index is -3.41. The molecule has 0 unspecified atom stereocenters. The van der Waals surface area contributed by atoms with E-state index in [-0.39, 0.29) is 12.4 Å². The van der Waals surface area contributed by atoms with Crippen molar-refractivity contribution < 1.29 is 12.8 Å². The molecule has 4 nitrogen and oxygen atoms in total. The molecule has 1 aliphatic heterocycles. The zero-order valence-corrected chi connectivity index (χ0v) is 12.5. The molecule has 2 rings (SSSR count). The van der Waals surface area contributed by atoms with Crippen LogP contribution in [0.4, 0.5) is 4.39 Å². The van der Waals surface area contributed by atoms with Gasteiger partial charge >= 0.3 is 0 Å². The predicted octanol–water partition coefficient (Wildman–Crippen LogP) is 1.93. The van der Waals surface area contributed by atoms with Crippen molar-refractivity contribution in [3.8, 4) is 0 Å². The first-order valence-electron chi connectivity index (χ1n) is 6.96. The number of nitrogens with one attached hydrogen (secondary N) is 1. The second-order valence-corrected chi connectivity index (χ2v) is 7.14. The van der Waals surface area contributed by atoms with Crippen LogP contribution in [0.25, 0.3) is 0 Å². The van der Waals surface area contributed by atoms with Gasteiger partial charge in [0.2, 0.25) is 0 Å². The lowest BCUT2D eigenvalue weighted by Crippen LogP contribution is -2.46. The molecule has 20 heavy (non-hydrogen) atoms. The van der Waals surface area contributed by atoms with Crippen LogP contribution in [0.2, 0.25) is 0 Å². The van der Waals surface area contributed by atoms with Crippen molar-refractivity contribution in [2.45, 2.75) is 26.2 Å². The van der Waals surface area contributed by atoms with Crippen LogP contribution in [-0.4, -0.2) is 32.4 Å². The molecule has 6 heteroatoms. The molecule has 0 aromatic heterocycles. The van der Waals surface area contributed by atoms with E-state index in [1.807, 2.05) is 0 Å². The summed E-state index contributed by atoms with van der Waals surface area (Å²) in [6.45, 7) is 3.51. The highest BCUT2D eigenvalue weighted by molar-refractivity contribution is 7.87. The molecule has 1 fully saturated rings. The van der Waals surface area contributed by atoms with Gasteiger partial charge in [-0.15, -0.1) is 0 Å². The topological polar surface area (TPSA) is 49.4 Å². The Morgan fingerprint density at radius 3 is 2.95 bits per heavy atom. The molecule has 1 aliphatic rings. The summed E-state index contributed by atoms with van der Waals surface area (Å²) < 4.78 is 41.4. The van der Waals surface area contributed by atoms with Crippen molar-refractivity contribution >= 4 is 10.2 Å². The molecule has 1 aromatic rings. The minimum absolute atomic E-state index is 0.288. The second kappa shape index (κ2) is 6.65. The quantitative estimate of drug-likeness (QED) is 0.903. The molecule has 1 saturated heterocycles. The highest BCUT2D eigenvalue weighted by Crippen LogP contribution is 2.17. The molecular formula is C14H21FN2O2S. The van der Waals surface area contributed by atoms with Crippen molar-refractivity contribution in [2.24, 2.45) is 5.92 Å². The van der Waals surface area contributed by atoms with Crippen LogP contribution in [0.1, 0.15) is 25.3 Å². The Balaban J connectivity index is 1.86. The first kappa shape index (κ1) is 15.4. The lowest BCUT2D eigenvalue weighted by Gasteiger charge is -2.29. The van der Waals surface area contributed by atoms with Gasteiger partial charge in [0, 0.05) is 19.6 Å². The van der Waals surface area contributed by atoms with E-state index in [1.165, 1.54) is 16.4 Å². The van der Waals surface area contributed by atoms with Crippen LogP contribution in [0.15, 0.2) is 24.3 Å². The van der Waals surface area contributed by atoms with Crippen LogP contribution >= 0.6 is 0 Å².